The van der Waals surface area contributed by atoms with Crippen molar-refractivity contribution in [2.24, 2.45) is 4.99 Å². The number of nitrogens with zero attached hydrogens (tertiary/aromatic N) is 2. The Labute approximate surface area is 180 Å². The molecule has 1 aliphatic rings. The van der Waals surface area contributed by atoms with Crippen LogP contribution in [0.1, 0.15) is 18.4 Å². The maximum absolute atomic E-state index is 5.37. The third kappa shape index (κ3) is 7.57. The van der Waals surface area contributed by atoms with Crippen molar-refractivity contribution in [3.8, 4) is 11.5 Å². The molecule has 1 aromatic carbocycles. The molecule has 0 radical (unpaired) electrons. The number of methoxy groups -OCH3 is 2. The molecule has 0 aliphatic carbocycles. The zero-order chi connectivity index (χ0) is 18.8. The van der Waals surface area contributed by atoms with Crippen LogP contribution in [0.25, 0.3) is 0 Å². The van der Waals surface area contributed by atoms with Gasteiger partial charge in [0.05, 0.1) is 27.4 Å². The minimum Gasteiger partial charge on any atom is -0.493 e. The third-order valence-corrected chi connectivity index (χ3v) is 4.54. The van der Waals surface area contributed by atoms with Crippen LogP contribution in [0.2, 0.25) is 0 Å². The summed E-state index contributed by atoms with van der Waals surface area (Å²) in [5, 5.41) is 3.44. The van der Waals surface area contributed by atoms with Crippen LogP contribution in [0.3, 0.4) is 0 Å². The van der Waals surface area contributed by atoms with Gasteiger partial charge in [-0.05, 0) is 37.0 Å². The Morgan fingerprint density at radius 2 is 2.00 bits per heavy atom. The van der Waals surface area contributed by atoms with E-state index < -0.39 is 0 Å². The summed E-state index contributed by atoms with van der Waals surface area (Å²) < 4.78 is 16.0. The van der Waals surface area contributed by atoms with Crippen LogP contribution in [0.4, 0.5) is 0 Å². The Bertz CT molecular complexity index is 635. The molecule has 0 saturated heterocycles. The maximum atomic E-state index is 5.37. The molecular formula is C20H32IN3O3. The lowest BCUT2D eigenvalue weighted by atomic mass is 10.1. The van der Waals surface area contributed by atoms with Crippen molar-refractivity contribution in [3.05, 3.63) is 35.4 Å². The van der Waals surface area contributed by atoms with E-state index in [4.69, 9.17) is 14.2 Å². The van der Waals surface area contributed by atoms with Crippen LogP contribution in [0.5, 0.6) is 11.5 Å². The Morgan fingerprint density at radius 1 is 1.22 bits per heavy atom. The predicted octanol–water partition coefficient (Wildman–Crippen LogP) is 3.11. The lowest BCUT2D eigenvalue weighted by molar-refractivity contribution is 0.153. The summed E-state index contributed by atoms with van der Waals surface area (Å²) >= 11 is 0. The first kappa shape index (κ1) is 23.6. The molecule has 0 unspecified atom stereocenters. The summed E-state index contributed by atoms with van der Waals surface area (Å²) in [6.07, 6.45) is 5.16. The highest BCUT2D eigenvalue weighted by Gasteiger charge is 2.09. The largest absolute Gasteiger partial charge is 0.493 e. The van der Waals surface area contributed by atoms with Gasteiger partial charge in [-0.2, -0.15) is 0 Å². The number of likely N-dealkylation sites (N-methyl/N-ethyl adjacent to an activating group) is 1. The van der Waals surface area contributed by atoms with Crippen molar-refractivity contribution < 1.29 is 14.2 Å². The highest BCUT2D eigenvalue weighted by atomic mass is 127. The van der Waals surface area contributed by atoms with E-state index in [0.29, 0.717) is 0 Å². The maximum Gasteiger partial charge on any atom is 0.193 e. The first-order chi connectivity index (χ1) is 12.7. The Balaban J connectivity index is 0.00000364. The summed E-state index contributed by atoms with van der Waals surface area (Å²) in [5.41, 5.74) is 2.67. The normalized spacial score (nSPS) is 14.1. The van der Waals surface area contributed by atoms with Crippen molar-refractivity contribution in [2.45, 2.75) is 19.3 Å². The second-order valence-electron chi connectivity index (χ2n) is 6.27. The Hall–Kier alpha value is -1.48. The minimum atomic E-state index is 0. The summed E-state index contributed by atoms with van der Waals surface area (Å²) in [6, 6.07) is 6.05. The fourth-order valence-corrected chi connectivity index (χ4v) is 2.95. The van der Waals surface area contributed by atoms with E-state index in [1.165, 1.54) is 11.1 Å². The van der Waals surface area contributed by atoms with E-state index >= 15 is 0 Å². The van der Waals surface area contributed by atoms with Gasteiger partial charge in [0.25, 0.3) is 0 Å². The molecule has 152 valence electrons. The summed E-state index contributed by atoms with van der Waals surface area (Å²) in [6.45, 7) is 3.34. The lowest BCUT2D eigenvalue weighted by Gasteiger charge is -2.23. The van der Waals surface area contributed by atoms with Gasteiger partial charge in [-0.3, -0.25) is 4.99 Å². The topological polar surface area (TPSA) is 55.3 Å². The molecule has 27 heavy (non-hydrogen) atoms. The van der Waals surface area contributed by atoms with E-state index in [-0.39, 0.29) is 24.0 Å². The summed E-state index contributed by atoms with van der Waals surface area (Å²) in [5.74, 6) is 2.43. The summed E-state index contributed by atoms with van der Waals surface area (Å²) in [7, 11) is 7.19. The third-order valence-electron chi connectivity index (χ3n) is 4.54. The van der Waals surface area contributed by atoms with E-state index in [9.17, 15) is 0 Å². The van der Waals surface area contributed by atoms with Crippen LogP contribution in [0.15, 0.2) is 34.8 Å². The van der Waals surface area contributed by atoms with Crippen molar-refractivity contribution in [1.29, 1.82) is 0 Å². The fraction of sp³-hybridized carbons (Fsp3) is 0.550. The summed E-state index contributed by atoms with van der Waals surface area (Å²) in [4.78, 5) is 6.53. The second kappa shape index (κ2) is 12.8. The number of ether oxygens (including phenoxy) is 3. The number of benzene rings is 1. The standard InChI is InChI=1S/C20H31N3O3.HI/c1-21-20(22-11-7-16-9-13-26-14-10-16)23(2)12-8-17-5-6-18(24-3)19(15-17)25-4;/h5-6,9,15H,7-8,10-14H2,1-4H3,(H,21,22);1H. The number of guanidine groups is 1. The number of nitrogens with one attached hydrogen (secondary N) is 1. The van der Waals surface area contributed by atoms with Crippen LogP contribution in [-0.2, 0) is 11.2 Å². The molecule has 0 spiro atoms. The monoisotopic (exact) mass is 489 g/mol. The number of hydrogen-bond donors (Lipinski definition) is 1. The zero-order valence-electron chi connectivity index (χ0n) is 16.8. The second-order valence-corrected chi connectivity index (χ2v) is 6.27. The van der Waals surface area contributed by atoms with Crippen LogP contribution in [0, 0.1) is 0 Å². The van der Waals surface area contributed by atoms with Gasteiger partial charge in [-0.1, -0.05) is 17.7 Å². The van der Waals surface area contributed by atoms with Crippen molar-refractivity contribution in [2.75, 3.05) is 54.6 Å². The zero-order valence-corrected chi connectivity index (χ0v) is 19.1. The average molecular weight is 489 g/mol. The van der Waals surface area contributed by atoms with Crippen molar-refractivity contribution >= 4 is 29.9 Å². The molecule has 7 heteroatoms. The minimum absolute atomic E-state index is 0. The predicted molar refractivity (Wildman–Crippen MR) is 121 cm³/mol. The number of aliphatic imine (C=N–C) groups is 1. The molecule has 0 saturated carbocycles. The van der Waals surface area contributed by atoms with Gasteiger partial charge in [0.2, 0.25) is 0 Å². The lowest BCUT2D eigenvalue weighted by Crippen LogP contribution is -2.40. The van der Waals surface area contributed by atoms with Crippen LogP contribution >= 0.6 is 24.0 Å². The van der Waals surface area contributed by atoms with Gasteiger partial charge >= 0.3 is 0 Å². The van der Waals surface area contributed by atoms with Gasteiger partial charge in [0, 0.05) is 27.2 Å². The molecule has 2 rings (SSSR count). The van der Waals surface area contributed by atoms with Crippen molar-refractivity contribution in [1.82, 2.24) is 10.2 Å². The van der Waals surface area contributed by atoms with E-state index in [1.54, 1.807) is 14.2 Å². The molecule has 0 amide bonds. The highest BCUT2D eigenvalue weighted by molar-refractivity contribution is 14.0. The smallest absolute Gasteiger partial charge is 0.193 e. The van der Waals surface area contributed by atoms with Gasteiger partial charge in [-0.15, -0.1) is 24.0 Å². The van der Waals surface area contributed by atoms with Gasteiger partial charge in [0.15, 0.2) is 17.5 Å². The molecule has 0 atom stereocenters. The number of rotatable bonds is 8. The molecule has 1 aromatic rings. The Kier molecular flexibility index (Phi) is 11.2. The van der Waals surface area contributed by atoms with Crippen LogP contribution < -0.4 is 14.8 Å². The Morgan fingerprint density at radius 3 is 2.63 bits per heavy atom. The molecule has 0 aromatic heterocycles. The highest BCUT2D eigenvalue weighted by Crippen LogP contribution is 2.27. The SMILES string of the molecule is CN=C(NCCC1=CCOCC1)N(C)CCc1ccc(OC)c(OC)c1.I. The first-order valence-corrected chi connectivity index (χ1v) is 9.06. The molecule has 0 fully saturated rings. The molecule has 1 heterocycles. The van der Waals surface area contributed by atoms with Gasteiger partial charge in [-0.25, -0.2) is 0 Å². The molecule has 1 aliphatic heterocycles. The van der Waals surface area contributed by atoms with Gasteiger partial charge in [0.1, 0.15) is 0 Å². The first-order valence-electron chi connectivity index (χ1n) is 9.06. The molecule has 1 N–H and O–H groups in total. The van der Waals surface area contributed by atoms with E-state index in [1.807, 2.05) is 19.2 Å². The molecular weight excluding hydrogens is 457 g/mol. The molecule has 6 nitrogen and oxygen atoms in total. The van der Waals surface area contributed by atoms with E-state index in [2.05, 4.69) is 34.4 Å². The quantitative estimate of drug-likeness (QED) is 0.263. The molecule has 0 bridgehead atoms. The van der Waals surface area contributed by atoms with Crippen LogP contribution in [-0.4, -0.2) is 65.5 Å². The van der Waals surface area contributed by atoms with Crippen molar-refractivity contribution in [3.63, 3.8) is 0 Å². The van der Waals surface area contributed by atoms with E-state index in [0.717, 1.165) is 63.0 Å². The number of halogens is 1. The van der Waals surface area contributed by atoms with Gasteiger partial charge < -0.3 is 24.4 Å². The number of hydrogen-bond acceptors (Lipinski definition) is 4. The fourth-order valence-electron chi connectivity index (χ4n) is 2.95. The average Bonchev–Trinajstić information content (AvgIpc) is 2.70.